The van der Waals surface area contributed by atoms with Gasteiger partial charge in [-0.3, -0.25) is 4.90 Å². The lowest BCUT2D eigenvalue weighted by atomic mass is 9.98. The molecule has 2 aliphatic rings. The molecule has 0 saturated carbocycles. The number of hydrogen-bond acceptors (Lipinski definition) is 3. The first kappa shape index (κ1) is 10.4. The zero-order valence-corrected chi connectivity index (χ0v) is 9.33. The highest BCUT2D eigenvalue weighted by atomic mass is 16.5. The molecule has 3 atom stereocenters. The molecule has 0 bridgehead atoms. The van der Waals surface area contributed by atoms with E-state index in [-0.39, 0.29) is 0 Å². The molecular weight excluding hydrogens is 176 g/mol. The van der Waals surface area contributed by atoms with Crippen molar-refractivity contribution in [3.05, 3.63) is 0 Å². The maximum Gasteiger partial charge on any atom is 0.0509 e. The van der Waals surface area contributed by atoms with Crippen LogP contribution in [0.15, 0.2) is 0 Å². The second kappa shape index (κ2) is 4.60. The summed E-state index contributed by atoms with van der Waals surface area (Å²) in [6.45, 7) is 10.1. The zero-order valence-electron chi connectivity index (χ0n) is 9.33. The van der Waals surface area contributed by atoms with Crippen LogP contribution in [0.4, 0.5) is 0 Å². The van der Waals surface area contributed by atoms with E-state index in [2.05, 4.69) is 24.1 Å². The van der Waals surface area contributed by atoms with Gasteiger partial charge in [0.2, 0.25) is 0 Å². The van der Waals surface area contributed by atoms with Crippen molar-refractivity contribution in [2.45, 2.75) is 32.4 Å². The van der Waals surface area contributed by atoms with Crippen LogP contribution in [0.5, 0.6) is 0 Å². The van der Waals surface area contributed by atoms with Crippen LogP contribution in [0.1, 0.15) is 20.3 Å². The number of ether oxygens (including phenoxy) is 1. The van der Waals surface area contributed by atoms with Crippen molar-refractivity contribution in [2.75, 3.05) is 32.8 Å². The molecular formula is C11H22N2O. The molecule has 2 rings (SSSR count). The maximum absolute atomic E-state index is 5.45. The van der Waals surface area contributed by atoms with Crippen LogP contribution in [0.25, 0.3) is 0 Å². The summed E-state index contributed by atoms with van der Waals surface area (Å²) < 4.78 is 5.45. The van der Waals surface area contributed by atoms with Gasteiger partial charge in [0.25, 0.3) is 0 Å². The van der Waals surface area contributed by atoms with Crippen LogP contribution in [-0.4, -0.2) is 49.8 Å². The molecule has 1 N–H and O–H groups in total. The second-order valence-corrected chi connectivity index (χ2v) is 4.71. The van der Waals surface area contributed by atoms with Gasteiger partial charge in [-0.05, 0) is 26.2 Å². The Balaban J connectivity index is 1.86. The summed E-state index contributed by atoms with van der Waals surface area (Å²) in [5.41, 5.74) is 0. The molecule has 82 valence electrons. The molecule has 0 radical (unpaired) electrons. The Bertz CT molecular complexity index is 180. The van der Waals surface area contributed by atoms with Crippen molar-refractivity contribution in [2.24, 2.45) is 5.92 Å². The summed E-state index contributed by atoms with van der Waals surface area (Å²) in [6, 6.07) is 1.34. The van der Waals surface area contributed by atoms with Crippen LogP contribution in [0.3, 0.4) is 0 Å². The molecule has 2 saturated heterocycles. The first-order chi connectivity index (χ1) is 6.77. The van der Waals surface area contributed by atoms with Gasteiger partial charge < -0.3 is 10.1 Å². The van der Waals surface area contributed by atoms with E-state index in [9.17, 15) is 0 Å². The zero-order chi connectivity index (χ0) is 9.97. The fourth-order valence-electron chi connectivity index (χ4n) is 2.56. The summed E-state index contributed by atoms with van der Waals surface area (Å²) in [4.78, 5) is 2.61. The van der Waals surface area contributed by atoms with E-state index < -0.39 is 0 Å². The summed E-state index contributed by atoms with van der Waals surface area (Å²) in [5.74, 6) is 0.764. The topological polar surface area (TPSA) is 24.5 Å². The highest BCUT2D eigenvalue weighted by Crippen LogP contribution is 2.21. The van der Waals surface area contributed by atoms with E-state index in [4.69, 9.17) is 4.74 Å². The number of nitrogens with one attached hydrogen (secondary N) is 1. The lowest BCUT2D eigenvalue weighted by molar-refractivity contribution is 0.103. The Morgan fingerprint density at radius 1 is 1.50 bits per heavy atom. The van der Waals surface area contributed by atoms with E-state index in [0.29, 0.717) is 12.1 Å². The first-order valence-corrected chi connectivity index (χ1v) is 5.82. The molecule has 0 aliphatic carbocycles. The van der Waals surface area contributed by atoms with Crippen molar-refractivity contribution in [1.29, 1.82) is 0 Å². The summed E-state index contributed by atoms with van der Waals surface area (Å²) in [5, 5.41) is 3.48. The molecule has 3 heteroatoms. The first-order valence-electron chi connectivity index (χ1n) is 5.82. The van der Waals surface area contributed by atoms with Gasteiger partial charge in [-0.25, -0.2) is 0 Å². The number of nitrogens with zero attached hydrogens (tertiary/aromatic N) is 1. The van der Waals surface area contributed by atoms with Gasteiger partial charge in [0.1, 0.15) is 0 Å². The Hall–Kier alpha value is -0.120. The quantitative estimate of drug-likeness (QED) is 0.707. The van der Waals surface area contributed by atoms with Crippen molar-refractivity contribution < 1.29 is 4.74 Å². The average molecular weight is 198 g/mol. The molecule has 0 spiro atoms. The molecule has 3 unspecified atom stereocenters. The Morgan fingerprint density at radius 2 is 2.36 bits per heavy atom. The van der Waals surface area contributed by atoms with E-state index in [1.54, 1.807) is 0 Å². The fourth-order valence-corrected chi connectivity index (χ4v) is 2.56. The minimum atomic E-state index is 0.647. The van der Waals surface area contributed by atoms with E-state index in [0.717, 1.165) is 25.7 Å². The number of rotatable bonds is 2. The summed E-state index contributed by atoms with van der Waals surface area (Å²) in [6.07, 6.45) is 1.25. The predicted molar refractivity (Wildman–Crippen MR) is 57.4 cm³/mol. The van der Waals surface area contributed by atoms with Gasteiger partial charge >= 0.3 is 0 Å². The van der Waals surface area contributed by atoms with Crippen LogP contribution < -0.4 is 5.32 Å². The molecule has 2 fully saturated rings. The third-order valence-corrected chi connectivity index (χ3v) is 3.62. The lowest BCUT2D eigenvalue weighted by Crippen LogP contribution is -2.53. The Morgan fingerprint density at radius 3 is 3.00 bits per heavy atom. The minimum absolute atomic E-state index is 0.647. The molecule has 0 aromatic carbocycles. The van der Waals surface area contributed by atoms with Crippen LogP contribution in [0, 0.1) is 5.92 Å². The number of hydrogen-bond donors (Lipinski definition) is 1. The highest BCUT2D eigenvalue weighted by molar-refractivity contribution is 4.83. The Kier molecular flexibility index (Phi) is 3.42. The molecule has 0 aromatic rings. The minimum Gasteiger partial charge on any atom is -0.381 e. The van der Waals surface area contributed by atoms with E-state index >= 15 is 0 Å². The summed E-state index contributed by atoms with van der Waals surface area (Å²) >= 11 is 0. The normalized spacial score (nSPS) is 37.3. The molecule has 2 aliphatic heterocycles. The molecule has 14 heavy (non-hydrogen) atoms. The van der Waals surface area contributed by atoms with Crippen molar-refractivity contribution in [3.8, 4) is 0 Å². The molecule has 0 amide bonds. The summed E-state index contributed by atoms with van der Waals surface area (Å²) in [7, 11) is 0. The lowest BCUT2D eigenvalue weighted by Gasteiger charge is -2.38. The smallest absolute Gasteiger partial charge is 0.0509 e. The van der Waals surface area contributed by atoms with Gasteiger partial charge in [-0.1, -0.05) is 0 Å². The fraction of sp³-hybridized carbons (Fsp3) is 1.00. The Labute approximate surface area is 86.8 Å². The van der Waals surface area contributed by atoms with Crippen molar-refractivity contribution in [3.63, 3.8) is 0 Å². The standard InChI is InChI=1S/C11H22N2O/c1-9-7-13(5-4-12-9)10(2)11-3-6-14-8-11/h9-12H,3-8H2,1-2H3. The average Bonchev–Trinajstić information content (AvgIpc) is 2.69. The molecule has 0 aromatic heterocycles. The molecule has 2 heterocycles. The van der Waals surface area contributed by atoms with Crippen molar-refractivity contribution >= 4 is 0 Å². The highest BCUT2D eigenvalue weighted by Gasteiger charge is 2.28. The van der Waals surface area contributed by atoms with Gasteiger partial charge in [0.05, 0.1) is 6.61 Å². The van der Waals surface area contributed by atoms with Gasteiger partial charge in [0.15, 0.2) is 0 Å². The van der Waals surface area contributed by atoms with Gasteiger partial charge in [-0.15, -0.1) is 0 Å². The van der Waals surface area contributed by atoms with Crippen LogP contribution in [0.2, 0.25) is 0 Å². The number of piperazine rings is 1. The van der Waals surface area contributed by atoms with Crippen LogP contribution in [-0.2, 0) is 4.74 Å². The third-order valence-electron chi connectivity index (χ3n) is 3.62. The molecule has 3 nitrogen and oxygen atoms in total. The SMILES string of the molecule is CC1CN(C(C)C2CCOC2)CCN1. The van der Waals surface area contributed by atoms with E-state index in [1.807, 2.05) is 0 Å². The van der Waals surface area contributed by atoms with Crippen LogP contribution >= 0.6 is 0 Å². The van der Waals surface area contributed by atoms with Gasteiger partial charge in [0, 0.05) is 38.3 Å². The third kappa shape index (κ3) is 2.27. The second-order valence-electron chi connectivity index (χ2n) is 4.71. The predicted octanol–water partition coefficient (Wildman–Crippen LogP) is 0.705. The van der Waals surface area contributed by atoms with Gasteiger partial charge in [-0.2, -0.15) is 0 Å². The van der Waals surface area contributed by atoms with E-state index in [1.165, 1.54) is 19.5 Å². The monoisotopic (exact) mass is 198 g/mol. The largest absolute Gasteiger partial charge is 0.381 e. The maximum atomic E-state index is 5.45. The van der Waals surface area contributed by atoms with Crippen molar-refractivity contribution in [1.82, 2.24) is 10.2 Å².